The molecule has 2 heterocycles. The van der Waals surface area contributed by atoms with Gasteiger partial charge >= 0.3 is 5.69 Å². The molecule has 1 N–H and O–H groups in total. The Labute approximate surface area is 83.5 Å². The predicted octanol–water partition coefficient (Wildman–Crippen LogP) is -0.542. The van der Waals surface area contributed by atoms with Gasteiger partial charge in [0.2, 0.25) is 0 Å². The molecule has 0 amide bonds. The van der Waals surface area contributed by atoms with Crippen LogP contribution in [0.25, 0.3) is 0 Å². The highest BCUT2D eigenvalue weighted by molar-refractivity contribution is 6.20. The van der Waals surface area contributed by atoms with Crippen molar-refractivity contribution in [3.05, 3.63) is 27.0 Å². The van der Waals surface area contributed by atoms with Gasteiger partial charge in [-0.1, -0.05) is 0 Å². The minimum Gasteiger partial charge on any atom is -0.355 e. The fraction of sp³-hybridized carbons (Fsp3) is 0.571. The summed E-state index contributed by atoms with van der Waals surface area (Å²) < 4.78 is 6.27. The summed E-state index contributed by atoms with van der Waals surface area (Å²) in [6.07, 6.45) is 1.10. The Morgan fingerprint density at radius 1 is 1.64 bits per heavy atom. The first-order valence-corrected chi connectivity index (χ1v) is 4.56. The highest BCUT2D eigenvalue weighted by Crippen LogP contribution is 2.25. The second-order valence-corrected chi connectivity index (χ2v) is 3.51. The number of hydrogen-bond acceptors (Lipinski definition) is 4. The van der Waals surface area contributed by atoms with Crippen molar-refractivity contribution in [3.8, 4) is 0 Å². The topological polar surface area (TPSA) is 77.0 Å². The number of aromatic amines is 1. The van der Waals surface area contributed by atoms with Crippen molar-refractivity contribution in [1.29, 1.82) is 0 Å². The first-order chi connectivity index (χ1) is 6.68. The Morgan fingerprint density at radius 2 is 2.43 bits per heavy atom. The molecule has 1 saturated heterocycles. The Hall–Kier alpha value is -1.14. The lowest BCUT2D eigenvalue weighted by Crippen LogP contribution is -2.36. The molecule has 1 aromatic rings. The van der Waals surface area contributed by atoms with Crippen LogP contribution in [0.3, 0.4) is 0 Å². The SMILES string of the molecule is O=c1cnn(C2OCCC2Cl)c(=O)[nH]1. The average molecular weight is 218 g/mol. The number of alkyl halides is 1. The molecular weight excluding hydrogens is 210 g/mol. The minimum absolute atomic E-state index is 0.286. The molecule has 6 nitrogen and oxygen atoms in total. The summed E-state index contributed by atoms with van der Waals surface area (Å²) in [4.78, 5) is 24.1. The lowest BCUT2D eigenvalue weighted by molar-refractivity contribution is 0.0428. The van der Waals surface area contributed by atoms with Crippen LogP contribution in [0, 0.1) is 0 Å². The van der Waals surface area contributed by atoms with E-state index in [1.807, 2.05) is 0 Å². The zero-order valence-corrected chi connectivity index (χ0v) is 7.90. The molecule has 2 atom stereocenters. The summed E-state index contributed by atoms with van der Waals surface area (Å²) in [6.45, 7) is 0.492. The molecular formula is C7H8ClN3O3. The van der Waals surface area contributed by atoms with E-state index in [1.165, 1.54) is 0 Å². The highest BCUT2D eigenvalue weighted by Gasteiger charge is 2.29. The number of hydrogen-bond donors (Lipinski definition) is 1. The van der Waals surface area contributed by atoms with Gasteiger partial charge in [-0.2, -0.15) is 9.78 Å². The molecule has 1 aliphatic rings. The van der Waals surface area contributed by atoms with Gasteiger partial charge in [-0.25, -0.2) is 4.79 Å². The number of nitrogens with one attached hydrogen (secondary N) is 1. The molecule has 1 fully saturated rings. The first-order valence-electron chi connectivity index (χ1n) is 4.12. The first kappa shape index (κ1) is 9.42. The molecule has 0 spiro atoms. The zero-order valence-electron chi connectivity index (χ0n) is 7.14. The Bertz CT molecular complexity index is 440. The molecule has 0 saturated carbocycles. The van der Waals surface area contributed by atoms with Crippen molar-refractivity contribution in [2.75, 3.05) is 6.61 Å². The Morgan fingerprint density at radius 3 is 3.00 bits per heavy atom. The van der Waals surface area contributed by atoms with Gasteiger partial charge in [-0.3, -0.25) is 9.78 Å². The lowest BCUT2D eigenvalue weighted by Gasteiger charge is -2.13. The maximum absolute atomic E-state index is 11.3. The zero-order chi connectivity index (χ0) is 10.1. The maximum atomic E-state index is 11.3. The molecule has 2 rings (SSSR count). The van der Waals surface area contributed by atoms with Gasteiger partial charge in [0.15, 0.2) is 6.23 Å². The van der Waals surface area contributed by atoms with Gasteiger partial charge in [-0.15, -0.1) is 11.6 Å². The standard InChI is InChI=1S/C7H8ClN3O3/c8-4-1-2-14-6(4)11-7(13)10-5(12)3-9-11/h3-4,6H,1-2H2,(H,10,12,13). The van der Waals surface area contributed by atoms with Crippen LogP contribution >= 0.6 is 11.6 Å². The third-order valence-electron chi connectivity index (χ3n) is 1.97. The monoisotopic (exact) mass is 217 g/mol. The number of nitrogens with zero attached hydrogens (tertiary/aromatic N) is 2. The van der Waals surface area contributed by atoms with Crippen molar-refractivity contribution in [2.24, 2.45) is 0 Å². The van der Waals surface area contributed by atoms with Gasteiger partial charge in [0.05, 0.1) is 12.0 Å². The summed E-state index contributed by atoms with van der Waals surface area (Å²) in [7, 11) is 0. The smallest absolute Gasteiger partial charge is 0.347 e. The van der Waals surface area contributed by atoms with Gasteiger partial charge < -0.3 is 4.74 Å². The van der Waals surface area contributed by atoms with Crippen LogP contribution in [0.1, 0.15) is 12.6 Å². The van der Waals surface area contributed by atoms with E-state index in [4.69, 9.17) is 16.3 Å². The fourth-order valence-electron chi connectivity index (χ4n) is 1.32. The minimum atomic E-state index is -0.602. The van der Waals surface area contributed by atoms with Crippen LogP contribution in [-0.2, 0) is 4.74 Å². The quantitative estimate of drug-likeness (QED) is 0.641. The van der Waals surface area contributed by atoms with Crippen LogP contribution in [0.5, 0.6) is 0 Å². The molecule has 0 aromatic carbocycles. The van der Waals surface area contributed by atoms with Gasteiger partial charge in [0.1, 0.15) is 6.20 Å². The van der Waals surface area contributed by atoms with Crippen molar-refractivity contribution in [3.63, 3.8) is 0 Å². The molecule has 1 aromatic heterocycles. The number of ether oxygens (including phenoxy) is 1. The van der Waals surface area contributed by atoms with Crippen LogP contribution < -0.4 is 11.2 Å². The van der Waals surface area contributed by atoms with Crippen molar-refractivity contribution in [1.82, 2.24) is 14.8 Å². The van der Waals surface area contributed by atoms with Gasteiger partial charge in [-0.05, 0) is 6.42 Å². The third-order valence-corrected chi connectivity index (χ3v) is 2.40. The van der Waals surface area contributed by atoms with Crippen LogP contribution in [0.2, 0.25) is 0 Å². The highest BCUT2D eigenvalue weighted by atomic mass is 35.5. The van der Waals surface area contributed by atoms with E-state index in [0.717, 1.165) is 10.9 Å². The molecule has 14 heavy (non-hydrogen) atoms. The number of aromatic nitrogens is 3. The Balaban J connectivity index is 2.41. The molecule has 2 unspecified atom stereocenters. The van der Waals surface area contributed by atoms with E-state index >= 15 is 0 Å². The van der Waals surface area contributed by atoms with Crippen LogP contribution in [0.15, 0.2) is 15.8 Å². The van der Waals surface area contributed by atoms with E-state index < -0.39 is 17.5 Å². The van der Waals surface area contributed by atoms with Crippen molar-refractivity contribution >= 4 is 11.6 Å². The lowest BCUT2D eigenvalue weighted by atomic mass is 10.3. The summed E-state index contributed by atoms with van der Waals surface area (Å²) >= 11 is 5.91. The van der Waals surface area contributed by atoms with E-state index in [9.17, 15) is 9.59 Å². The second-order valence-electron chi connectivity index (χ2n) is 2.95. The summed E-state index contributed by atoms with van der Waals surface area (Å²) in [5.74, 6) is 0. The number of rotatable bonds is 1. The average Bonchev–Trinajstić information content (AvgIpc) is 2.52. The molecule has 1 aliphatic heterocycles. The van der Waals surface area contributed by atoms with Gasteiger partial charge in [0.25, 0.3) is 5.56 Å². The Kier molecular flexibility index (Phi) is 2.39. The summed E-state index contributed by atoms with van der Waals surface area (Å²) in [5, 5.41) is 3.38. The van der Waals surface area contributed by atoms with E-state index in [2.05, 4.69) is 10.1 Å². The molecule has 0 radical (unpaired) electrons. The second kappa shape index (κ2) is 3.55. The third kappa shape index (κ3) is 1.58. The summed E-state index contributed by atoms with van der Waals surface area (Å²) in [6, 6.07) is 0. The number of H-pyrrole nitrogens is 1. The summed E-state index contributed by atoms with van der Waals surface area (Å²) in [5.41, 5.74) is -1.13. The molecule has 7 heteroatoms. The molecule has 76 valence electrons. The normalized spacial score (nSPS) is 26.6. The van der Waals surface area contributed by atoms with E-state index in [0.29, 0.717) is 13.0 Å². The fourth-order valence-corrected chi connectivity index (χ4v) is 1.58. The van der Waals surface area contributed by atoms with Crippen LogP contribution in [0.4, 0.5) is 0 Å². The number of halogens is 1. The predicted molar refractivity (Wildman–Crippen MR) is 48.4 cm³/mol. The van der Waals surface area contributed by atoms with E-state index in [-0.39, 0.29) is 5.38 Å². The van der Waals surface area contributed by atoms with Crippen LogP contribution in [-0.4, -0.2) is 26.7 Å². The maximum Gasteiger partial charge on any atom is 0.347 e. The van der Waals surface area contributed by atoms with E-state index in [1.54, 1.807) is 0 Å². The molecule has 0 aliphatic carbocycles. The van der Waals surface area contributed by atoms with Crippen molar-refractivity contribution < 1.29 is 4.74 Å². The van der Waals surface area contributed by atoms with Gasteiger partial charge in [0, 0.05) is 0 Å². The molecule has 0 bridgehead atoms. The van der Waals surface area contributed by atoms with Crippen molar-refractivity contribution in [2.45, 2.75) is 18.0 Å². The largest absolute Gasteiger partial charge is 0.355 e.